The Kier molecular flexibility index (Phi) is 10.0. The number of alkyl halides is 10. The van der Waals surface area contributed by atoms with Crippen LogP contribution in [-0.4, -0.2) is 53.6 Å². The Hall–Kier alpha value is -3.29. The standard InChI is InChI=1S/C31H32F10O4/c1-5-26(6-2,22-9-11-24(19(4)16-22)44-17-23-10-12-25(42)45-23)21-8-7-20(18(3)15-21)13-14-27(43,28(32,33)30(36,37)38)29(34,35)31(39,40)41/h7-9,11,13-16,23,43H,5-6,10,12,17H2,1-4H3/b14-13+/t23-/m0/s1. The summed E-state index contributed by atoms with van der Waals surface area (Å²) in [6.07, 6.45) is -13.0. The van der Waals surface area contributed by atoms with E-state index in [1.165, 1.54) is 25.1 Å². The Bertz CT molecular complexity index is 1380. The van der Waals surface area contributed by atoms with Crippen molar-refractivity contribution in [2.24, 2.45) is 0 Å². The van der Waals surface area contributed by atoms with E-state index in [1.54, 1.807) is 6.07 Å². The zero-order chi connectivity index (χ0) is 34.2. The Morgan fingerprint density at radius 3 is 1.78 bits per heavy atom. The summed E-state index contributed by atoms with van der Waals surface area (Å²) < 4.78 is 145. The minimum Gasteiger partial charge on any atom is -0.489 e. The van der Waals surface area contributed by atoms with Gasteiger partial charge in [-0.25, -0.2) is 0 Å². The molecule has 1 heterocycles. The first-order valence-electron chi connectivity index (χ1n) is 13.9. The van der Waals surface area contributed by atoms with Crippen molar-refractivity contribution < 1.29 is 63.3 Å². The molecule has 1 saturated heterocycles. The molecule has 1 atom stereocenters. The summed E-state index contributed by atoms with van der Waals surface area (Å²) >= 11 is 0. The van der Waals surface area contributed by atoms with Crippen molar-refractivity contribution in [2.45, 2.75) is 94.7 Å². The van der Waals surface area contributed by atoms with Gasteiger partial charge in [-0.15, -0.1) is 0 Å². The molecule has 2 aromatic rings. The van der Waals surface area contributed by atoms with Crippen LogP contribution in [0.3, 0.4) is 0 Å². The van der Waals surface area contributed by atoms with Crippen molar-refractivity contribution in [3.8, 4) is 5.75 Å². The predicted molar refractivity (Wildman–Crippen MR) is 144 cm³/mol. The fourth-order valence-corrected chi connectivity index (χ4v) is 5.43. The van der Waals surface area contributed by atoms with Crippen LogP contribution in [0.1, 0.15) is 67.3 Å². The maximum Gasteiger partial charge on any atom is 0.457 e. The monoisotopic (exact) mass is 658 g/mol. The van der Waals surface area contributed by atoms with E-state index in [0.717, 1.165) is 11.1 Å². The van der Waals surface area contributed by atoms with E-state index >= 15 is 0 Å². The number of benzene rings is 2. The average Bonchev–Trinajstić information content (AvgIpc) is 3.36. The minimum absolute atomic E-state index is 0.144. The number of esters is 1. The number of carbonyl (C=O) groups excluding carboxylic acids is 1. The third-order valence-electron chi connectivity index (χ3n) is 8.32. The van der Waals surface area contributed by atoms with Crippen molar-refractivity contribution in [3.63, 3.8) is 0 Å². The number of hydrogen-bond acceptors (Lipinski definition) is 4. The van der Waals surface area contributed by atoms with Gasteiger partial charge in [0.2, 0.25) is 5.60 Å². The molecule has 0 spiro atoms. The second-order valence-electron chi connectivity index (χ2n) is 11.0. The van der Waals surface area contributed by atoms with E-state index in [0.29, 0.717) is 37.0 Å². The van der Waals surface area contributed by atoms with Crippen LogP contribution < -0.4 is 4.74 Å². The fraction of sp³-hybridized carbons (Fsp3) is 0.516. The zero-order valence-electron chi connectivity index (χ0n) is 24.7. The SMILES string of the molecule is CCC(CC)(c1ccc(/C=C/C(O)(C(F)(F)C(F)(F)F)C(F)(F)C(F)(F)F)c(C)c1)c1ccc(OC[C@@H]2CCC(=O)O2)c(C)c1. The van der Waals surface area contributed by atoms with Gasteiger partial charge in [0.05, 0.1) is 0 Å². The Labute approximate surface area is 253 Å². The van der Waals surface area contributed by atoms with E-state index in [1.807, 2.05) is 32.9 Å². The lowest BCUT2D eigenvalue weighted by Gasteiger charge is -2.40. The normalized spacial score (nSPS) is 17.2. The van der Waals surface area contributed by atoms with Gasteiger partial charge in [-0.2, -0.15) is 43.9 Å². The summed E-state index contributed by atoms with van der Waals surface area (Å²) in [5.74, 6) is -13.5. The van der Waals surface area contributed by atoms with Crippen molar-refractivity contribution in [2.75, 3.05) is 6.61 Å². The van der Waals surface area contributed by atoms with Crippen LogP contribution in [-0.2, 0) is 14.9 Å². The molecular formula is C31H32F10O4. The molecule has 0 amide bonds. The quantitative estimate of drug-likeness (QED) is 0.194. The van der Waals surface area contributed by atoms with E-state index in [-0.39, 0.29) is 35.9 Å². The number of hydrogen-bond donors (Lipinski definition) is 1. The predicted octanol–water partition coefficient (Wildman–Crippen LogP) is 8.63. The summed E-state index contributed by atoms with van der Waals surface area (Å²) in [7, 11) is 0. The second-order valence-corrected chi connectivity index (χ2v) is 11.0. The number of carbonyl (C=O) groups is 1. The number of aliphatic hydroxyl groups is 1. The van der Waals surface area contributed by atoms with Gasteiger partial charge in [-0.05, 0) is 73.1 Å². The van der Waals surface area contributed by atoms with Crippen LogP contribution in [0.2, 0.25) is 0 Å². The highest BCUT2D eigenvalue weighted by Crippen LogP contribution is 2.55. The van der Waals surface area contributed by atoms with Crippen LogP contribution in [0.5, 0.6) is 5.75 Å². The van der Waals surface area contributed by atoms with E-state index in [9.17, 15) is 53.8 Å². The largest absolute Gasteiger partial charge is 0.489 e. The molecule has 2 aromatic carbocycles. The van der Waals surface area contributed by atoms with Crippen molar-refractivity contribution in [3.05, 3.63) is 70.3 Å². The molecule has 1 aliphatic rings. The van der Waals surface area contributed by atoms with Crippen LogP contribution >= 0.6 is 0 Å². The van der Waals surface area contributed by atoms with Crippen LogP contribution in [0.25, 0.3) is 6.08 Å². The highest BCUT2D eigenvalue weighted by Gasteiger charge is 2.83. The third-order valence-corrected chi connectivity index (χ3v) is 8.32. The maximum atomic E-state index is 14.1. The van der Waals surface area contributed by atoms with Gasteiger partial charge in [0.15, 0.2) is 0 Å². The molecule has 3 rings (SSSR count). The molecule has 0 saturated carbocycles. The number of halogens is 10. The zero-order valence-corrected chi connectivity index (χ0v) is 24.7. The number of rotatable bonds is 11. The molecule has 0 unspecified atom stereocenters. The smallest absolute Gasteiger partial charge is 0.457 e. The lowest BCUT2D eigenvalue weighted by atomic mass is 9.70. The van der Waals surface area contributed by atoms with E-state index in [4.69, 9.17) is 9.47 Å². The van der Waals surface area contributed by atoms with Gasteiger partial charge in [-0.1, -0.05) is 50.3 Å². The summed E-state index contributed by atoms with van der Waals surface area (Å²) in [5, 5.41) is 9.80. The summed E-state index contributed by atoms with van der Waals surface area (Å²) in [6, 6.07) is 9.59. The molecule has 0 aliphatic carbocycles. The molecule has 14 heteroatoms. The number of cyclic esters (lactones) is 1. The highest BCUT2D eigenvalue weighted by atomic mass is 19.4. The van der Waals surface area contributed by atoms with Crippen LogP contribution in [0, 0.1) is 13.8 Å². The van der Waals surface area contributed by atoms with Crippen molar-refractivity contribution in [1.29, 1.82) is 0 Å². The Morgan fingerprint density at radius 1 is 0.844 bits per heavy atom. The summed E-state index contributed by atoms with van der Waals surface area (Å²) in [6.45, 7) is 7.12. The topological polar surface area (TPSA) is 55.8 Å². The molecule has 1 aliphatic heterocycles. The minimum atomic E-state index is -6.94. The molecule has 45 heavy (non-hydrogen) atoms. The van der Waals surface area contributed by atoms with Crippen molar-refractivity contribution in [1.82, 2.24) is 0 Å². The third kappa shape index (κ3) is 6.52. The van der Waals surface area contributed by atoms with Gasteiger partial charge < -0.3 is 14.6 Å². The van der Waals surface area contributed by atoms with Gasteiger partial charge in [-0.3, -0.25) is 4.79 Å². The molecule has 4 nitrogen and oxygen atoms in total. The fourth-order valence-electron chi connectivity index (χ4n) is 5.43. The average molecular weight is 659 g/mol. The second kappa shape index (κ2) is 12.5. The maximum absolute atomic E-state index is 14.1. The molecule has 0 bridgehead atoms. The van der Waals surface area contributed by atoms with Crippen molar-refractivity contribution >= 4 is 12.0 Å². The van der Waals surface area contributed by atoms with Gasteiger partial charge in [0, 0.05) is 11.8 Å². The number of ether oxygens (including phenoxy) is 2. The lowest BCUT2D eigenvalue weighted by molar-refractivity contribution is -0.409. The van der Waals surface area contributed by atoms with Gasteiger partial charge in [0.1, 0.15) is 18.5 Å². The summed E-state index contributed by atoms with van der Waals surface area (Å²) in [5.41, 5.74) is -4.56. The van der Waals surface area contributed by atoms with E-state index in [2.05, 4.69) is 0 Å². The highest BCUT2D eigenvalue weighted by molar-refractivity contribution is 5.71. The lowest BCUT2D eigenvalue weighted by Crippen LogP contribution is -2.69. The van der Waals surface area contributed by atoms with Gasteiger partial charge >= 0.3 is 30.2 Å². The van der Waals surface area contributed by atoms with Crippen LogP contribution in [0.4, 0.5) is 43.9 Å². The Morgan fingerprint density at radius 2 is 1.36 bits per heavy atom. The molecule has 250 valence electrons. The molecular weight excluding hydrogens is 626 g/mol. The van der Waals surface area contributed by atoms with Gasteiger partial charge in [0.25, 0.3) is 0 Å². The van der Waals surface area contributed by atoms with Crippen LogP contribution in [0.15, 0.2) is 42.5 Å². The molecule has 0 aromatic heterocycles. The molecule has 1 N–H and O–H groups in total. The summed E-state index contributed by atoms with van der Waals surface area (Å²) in [4.78, 5) is 11.3. The molecule has 0 radical (unpaired) electrons. The first kappa shape index (κ1) is 36.2. The molecule has 1 fully saturated rings. The van der Waals surface area contributed by atoms with E-state index < -0.39 is 41.3 Å². The Balaban J connectivity index is 1.99. The number of aryl methyl sites for hydroxylation is 2. The first-order chi connectivity index (χ1) is 20.6. The first-order valence-corrected chi connectivity index (χ1v) is 13.9.